The highest BCUT2D eigenvalue weighted by Gasteiger charge is 2.18. The third-order valence-corrected chi connectivity index (χ3v) is 3.16. The fraction of sp³-hybridized carbons (Fsp3) is 0.500. The number of aryl methyl sites for hydroxylation is 1. The Bertz CT molecular complexity index is 483. The summed E-state index contributed by atoms with van der Waals surface area (Å²) in [5, 5.41) is 4.43. The van der Waals surface area contributed by atoms with Crippen molar-refractivity contribution in [1.29, 1.82) is 0 Å². The van der Waals surface area contributed by atoms with E-state index in [1.807, 2.05) is 17.8 Å². The Kier molecular flexibility index (Phi) is 2.59. The summed E-state index contributed by atoms with van der Waals surface area (Å²) in [6, 6.07) is 1.88. The topological polar surface area (TPSA) is 47.1 Å². The molecule has 1 aliphatic rings. The van der Waals surface area contributed by atoms with Crippen LogP contribution in [0.1, 0.15) is 19.3 Å². The van der Waals surface area contributed by atoms with E-state index in [9.17, 15) is 0 Å². The molecule has 2 aromatic rings. The number of rotatable bonds is 2. The number of hydrogen-bond acceptors (Lipinski definition) is 4. The molecule has 1 aliphatic heterocycles. The molecular formula is C12H16N4O. The molecule has 0 unspecified atom stereocenters. The molecule has 0 aliphatic carbocycles. The first-order chi connectivity index (χ1) is 8.34. The summed E-state index contributed by atoms with van der Waals surface area (Å²) in [4.78, 5) is 6.90. The Labute approximate surface area is 100 Å². The minimum absolute atomic E-state index is 0.738. The number of piperidine rings is 1. The van der Waals surface area contributed by atoms with Crippen LogP contribution in [0.3, 0.4) is 0 Å². The van der Waals surface area contributed by atoms with Gasteiger partial charge in [0, 0.05) is 20.1 Å². The average molecular weight is 232 g/mol. The first-order valence-electron chi connectivity index (χ1n) is 6.03. The second kappa shape index (κ2) is 4.24. The van der Waals surface area contributed by atoms with Gasteiger partial charge in [0.15, 0.2) is 5.82 Å². The van der Waals surface area contributed by atoms with Crippen molar-refractivity contribution in [3.05, 3.63) is 18.6 Å². The van der Waals surface area contributed by atoms with Crippen LogP contribution >= 0.6 is 0 Å². The molecule has 0 atom stereocenters. The molecule has 1 fully saturated rings. The highest BCUT2D eigenvalue weighted by atomic mass is 16.3. The van der Waals surface area contributed by atoms with Crippen molar-refractivity contribution < 1.29 is 4.42 Å². The fourth-order valence-electron chi connectivity index (χ4n) is 2.26. The van der Waals surface area contributed by atoms with Gasteiger partial charge in [0.2, 0.25) is 5.95 Å². The Morgan fingerprint density at radius 1 is 1.24 bits per heavy atom. The van der Waals surface area contributed by atoms with Gasteiger partial charge in [0.05, 0.1) is 11.8 Å². The van der Waals surface area contributed by atoms with Crippen molar-refractivity contribution in [2.75, 3.05) is 18.0 Å². The average Bonchev–Trinajstić information content (AvgIpc) is 2.99. The first-order valence-corrected chi connectivity index (χ1v) is 6.03. The van der Waals surface area contributed by atoms with Crippen LogP contribution in [0.5, 0.6) is 0 Å². The monoisotopic (exact) mass is 232 g/mol. The van der Waals surface area contributed by atoms with Gasteiger partial charge in [0.25, 0.3) is 0 Å². The summed E-state index contributed by atoms with van der Waals surface area (Å²) >= 11 is 0. The normalized spacial score (nSPS) is 16.4. The predicted molar refractivity (Wildman–Crippen MR) is 64.8 cm³/mol. The van der Waals surface area contributed by atoms with Crippen LogP contribution in [0.2, 0.25) is 0 Å². The zero-order chi connectivity index (χ0) is 11.7. The zero-order valence-corrected chi connectivity index (χ0v) is 9.96. The van der Waals surface area contributed by atoms with E-state index in [2.05, 4.69) is 15.0 Å². The largest absolute Gasteiger partial charge is 0.472 e. The van der Waals surface area contributed by atoms with Gasteiger partial charge in [-0.3, -0.25) is 0 Å². The quantitative estimate of drug-likeness (QED) is 0.795. The Morgan fingerprint density at radius 3 is 2.76 bits per heavy atom. The fourth-order valence-corrected chi connectivity index (χ4v) is 2.26. The maximum Gasteiger partial charge on any atom is 0.224 e. The third-order valence-electron chi connectivity index (χ3n) is 3.16. The van der Waals surface area contributed by atoms with E-state index in [1.165, 1.54) is 19.3 Å². The molecule has 2 aromatic heterocycles. The van der Waals surface area contributed by atoms with Crippen LogP contribution in [-0.2, 0) is 7.05 Å². The minimum Gasteiger partial charge on any atom is -0.472 e. The molecule has 0 aromatic carbocycles. The van der Waals surface area contributed by atoms with Crippen molar-refractivity contribution in [1.82, 2.24) is 14.8 Å². The SMILES string of the molecule is Cn1nc(-c2ccoc2)nc1N1CCCCC1. The van der Waals surface area contributed by atoms with Crippen molar-refractivity contribution in [2.24, 2.45) is 7.05 Å². The molecule has 5 heteroatoms. The lowest BCUT2D eigenvalue weighted by molar-refractivity contribution is 0.557. The van der Waals surface area contributed by atoms with E-state index in [1.54, 1.807) is 12.5 Å². The number of hydrogen-bond donors (Lipinski definition) is 0. The van der Waals surface area contributed by atoms with E-state index >= 15 is 0 Å². The summed E-state index contributed by atoms with van der Waals surface area (Å²) in [6.45, 7) is 2.16. The van der Waals surface area contributed by atoms with Crippen molar-refractivity contribution >= 4 is 5.95 Å². The highest BCUT2D eigenvalue weighted by molar-refractivity contribution is 5.54. The standard InChI is InChI=1S/C12H16N4O/c1-15-12(16-6-3-2-4-7-16)13-11(14-15)10-5-8-17-9-10/h5,8-9H,2-4,6-7H2,1H3. The molecule has 0 saturated carbocycles. The smallest absolute Gasteiger partial charge is 0.224 e. The van der Waals surface area contributed by atoms with E-state index in [4.69, 9.17) is 4.42 Å². The molecule has 5 nitrogen and oxygen atoms in total. The maximum atomic E-state index is 5.06. The minimum atomic E-state index is 0.738. The van der Waals surface area contributed by atoms with Crippen molar-refractivity contribution in [2.45, 2.75) is 19.3 Å². The van der Waals surface area contributed by atoms with Crippen LogP contribution < -0.4 is 4.90 Å². The van der Waals surface area contributed by atoms with Crippen LogP contribution in [-0.4, -0.2) is 27.9 Å². The van der Waals surface area contributed by atoms with Crippen molar-refractivity contribution in [3.8, 4) is 11.4 Å². The molecule has 17 heavy (non-hydrogen) atoms. The molecule has 1 saturated heterocycles. The molecular weight excluding hydrogens is 216 g/mol. The second-order valence-corrected chi connectivity index (χ2v) is 4.42. The zero-order valence-electron chi connectivity index (χ0n) is 9.96. The molecule has 0 amide bonds. The van der Waals surface area contributed by atoms with E-state index < -0.39 is 0 Å². The lowest BCUT2D eigenvalue weighted by Crippen LogP contribution is -2.31. The Hall–Kier alpha value is -1.78. The van der Waals surface area contributed by atoms with Gasteiger partial charge in [-0.2, -0.15) is 4.98 Å². The van der Waals surface area contributed by atoms with Gasteiger partial charge >= 0.3 is 0 Å². The second-order valence-electron chi connectivity index (χ2n) is 4.42. The molecule has 0 radical (unpaired) electrons. The van der Waals surface area contributed by atoms with Gasteiger partial charge in [-0.25, -0.2) is 4.68 Å². The number of furan rings is 1. The lowest BCUT2D eigenvalue weighted by Gasteiger charge is -2.26. The van der Waals surface area contributed by atoms with E-state index in [0.29, 0.717) is 0 Å². The first kappa shape index (κ1) is 10.4. The van der Waals surface area contributed by atoms with E-state index in [-0.39, 0.29) is 0 Å². The molecule has 3 rings (SSSR count). The van der Waals surface area contributed by atoms with Gasteiger partial charge in [-0.15, -0.1) is 5.10 Å². The number of aromatic nitrogens is 3. The Balaban J connectivity index is 1.90. The van der Waals surface area contributed by atoms with Gasteiger partial charge < -0.3 is 9.32 Å². The van der Waals surface area contributed by atoms with Gasteiger partial charge in [0.1, 0.15) is 6.26 Å². The summed E-state index contributed by atoms with van der Waals surface area (Å²) < 4.78 is 6.92. The van der Waals surface area contributed by atoms with Crippen LogP contribution in [0, 0.1) is 0 Å². The molecule has 0 bridgehead atoms. The maximum absolute atomic E-state index is 5.06. The molecule has 0 spiro atoms. The summed E-state index contributed by atoms with van der Waals surface area (Å²) in [6.07, 6.45) is 7.13. The summed E-state index contributed by atoms with van der Waals surface area (Å²) in [5.41, 5.74) is 0.934. The van der Waals surface area contributed by atoms with Crippen LogP contribution in [0.15, 0.2) is 23.0 Å². The summed E-state index contributed by atoms with van der Waals surface area (Å²) in [7, 11) is 1.94. The molecule has 3 heterocycles. The van der Waals surface area contributed by atoms with E-state index in [0.717, 1.165) is 30.4 Å². The summed E-state index contributed by atoms with van der Waals surface area (Å²) in [5.74, 6) is 1.70. The van der Waals surface area contributed by atoms with Gasteiger partial charge in [-0.1, -0.05) is 0 Å². The third kappa shape index (κ3) is 1.92. The van der Waals surface area contributed by atoms with Crippen molar-refractivity contribution in [3.63, 3.8) is 0 Å². The van der Waals surface area contributed by atoms with Crippen LogP contribution in [0.4, 0.5) is 5.95 Å². The highest BCUT2D eigenvalue weighted by Crippen LogP contribution is 2.22. The number of anilines is 1. The van der Waals surface area contributed by atoms with Crippen LogP contribution in [0.25, 0.3) is 11.4 Å². The molecule has 90 valence electrons. The van der Waals surface area contributed by atoms with Gasteiger partial charge in [-0.05, 0) is 25.3 Å². The lowest BCUT2D eigenvalue weighted by atomic mass is 10.1. The predicted octanol–water partition coefficient (Wildman–Crippen LogP) is 2.07. The molecule has 0 N–H and O–H groups in total. The Morgan fingerprint density at radius 2 is 2.06 bits per heavy atom. The number of nitrogens with zero attached hydrogens (tertiary/aromatic N) is 4.